The van der Waals surface area contributed by atoms with Crippen molar-refractivity contribution in [3.8, 4) is 0 Å². The van der Waals surface area contributed by atoms with Crippen LogP contribution in [-0.4, -0.2) is 33.2 Å². The summed E-state index contributed by atoms with van der Waals surface area (Å²) in [5, 5.41) is 3.14. The molecule has 1 aliphatic heterocycles. The average molecular weight is 459 g/mol. The van der Waals surface area contributed by atoms with Crippen LogP contribution in [0.25, 0.3) is 0 Å². The van der Waals surface area contributed by atoms with Crippen molar-refractivity contribution in [2.45, 2.75) is 71.3 Å². The highest BCUT2D eigenvalue weighted by Crippen LogP contribution is 2.61. The molecule has 5 aliphatic rings. The quantitative estimate of drug-likeness (QED) is 0.700. The number of fused-ring (bicyclic) bond motifs is 1. The Kier molecular flexibility index (Phi) is 5.42. The molecule has 1 N–H and O–H groups in total. The maximum atomic E-state index is 13.2. The number of anilines is 1. The van der Waals surface area contributed by atoms with Crippen molar-refractivity contribution < 1.29 is 9.59 Å². The van der Waals surface area contributed by atoms with E-state index in [1.54, 1.807) is 0 Å². The summed E-state index contributed by atoms with van der Waals surface area (Å²) in [4.78, 5) is 36.9. The van der Waals surface area contributed by atoms with E-state index in [4.69, 9.17) is 0 Å². The normalized spacial score (nSPS) is 29.1. The van der Waals surface area contributed by atoms with Crippen LogP contribution in [0.2, 0.25) is 0 Å². The molecular weight excluding hydrogens is 424 g/mol. The first-order valence-electron chi connectivity index (χ1n) is 13.0. The zero-order valence-electron chi connectivity index (χ0n) is 20.1. The predicted octanol–water partition coefficient (Wildman–Crippen LogP) is 4.78. The Hall–Kier alpha value is -2.76. The summed E-state index contributed by atoms with van der Waals surface area (Å²) in [5.74, 6) is 3.28. The molecule has 4 bridgehead atoms. The standard InChI is InChI=1S/C28H34N4O2/c1-2-18-3-5-22(6-4-18)27(34)32-8-7-23-24(16-32)29-17-30-26(23)31-25(33)15-28-12-19-9-20(13-28)11-21(10-19)14-28/h3-6,17,19-21H,2,7-16H2,1H3,(H,29,30,31,33). The molecule has 0 spiro atoms. The van der Waals surface area contributed by atoms with E-state index in [0.717, 1.165) is 35.4 Å². The molecule has 6 heteroatoms. The lowest BCUT2D eigenvalue weighted by Crippen LogP contribution is -2.47. The molecule has 1 aromatic carbocycles. The summed E-state index contributed by atoms with van der Waals surface area (Å²) < 4.78 is 0. The summed E-state index contributed by atoms with van der Waals surface area (Å²) >= 11 is 0. The van der Waals surface area contributed by atoms with Crippen LogP contribution >= 0.6 is 0 Å². The number of hydrogen-bond donors (Lipinski definition) is 1. The Morgan fingerprint density at radius 2 is 1.71 bits per heavy atom. The second kappa shape index (κ2) is 8.47. The molecule has 4 saturated carbocycles. The molecule has 1 aromatic heterocycles. The van der Waals surface area contributed by atoms with Crippen LogP contribution < -0.4 is 5.32 Å². The van der Waals surface area contributed by atoms with E-state index in [1.807, 2.05) is 29.2 Å². The van der Waals surface area contributed by atoms with Gasteiger partial charge in [-0.3, -0.25) is 9.59 Å². The van der Waals surface area contributed by atoms with E-state index in [1.165, 1.54) is 50.4 Å². The van der Waals surface area contributed by atoms with Gasteiger partial charge in [-0.2, -0.15) is 0 Å². The molecule has 2 amide bonds. The van der Waals surface area contributed by atoms with Crippen molar-refractivity contribution in [3.05, 3.63) is 53.0 Å². The van der Waals surface area contributed by atoms with Crippen molar-refractivity contribution >= 4 is 17.6 Å². The molecule has 4 aliphatic carbocycles. The minimum atomic E-state index is 0.0271. The zero-order valence-corrected chi connectivity index (χ0v) is 20.1. The van der Waals surface area contributed by atoms with Crippen molar-refractivity contribution in [1.82, 2.24) is 14.9 Å². The highest BCUT2D eigenvalue weighted by molar-refractivity contribution is 5.94. The Morgan fingerprint density at radius 3 is 2.35 bits per heavy atom. The van der Waals surface area contributed by atoms with Gasteiger partial charge in [0.1, 0.15) is 12.1 Å². The van der Waals surface area contributed by atoms with Crippen LogP contribution in [-0.2, 0) is 24.2 Å². The third-order valence-electron chi connectivity index (χ3n) is 8.86. The second-order valence-electron chi connectivity index (χ2n) is 11.3. The fourth-order valence-corrected chi connectivity index (χ4v) is 7.72. The average Bonchev–Trinajstić information content (AvgIpc) is 2.82. The van der Waals surface area contributed by atoms with Crippen molar-refractivity contribution in [3.63, 3.8) is 0 Å². The summed E-state index contributed by atoms with van der Waals surface area (Å²) in [5.41, 5.74) is 3.96. The van der Waals surface area contributed by atoms with Gasteiger partial charge in [0.15, 0.2) is 0 Å². The van der Waals surface area contributed by atoms with Gasteiger partial charge in [-0.15, -0.1) is 0 Å². The largest absolute Gasteiger partial charge is 0.332 e. The van der Waals surface area contributed by atoms with Gasteiger partial charge in [0.05, 0.1) is 12.2 Å². The number of carbonyl (C=O) groups is 2. The molecular formula is C28H34N4O2. The van der Waals surface area contributed by atoms with E-state index < -0.39 is 0 Å². The van der Waals surface area contributed by atoms with E-state index in [9.17, 15) is 9.59 Å². The third kappa shape index (κ3) is 4.01. The van der Waals surface area contributed by atoms with Crippen LogP contribution in [0.4, 0.5) is 5.82 Å². The minimum absolute atomic E-state index is 0.0271. The van der Waals surface area contributed by atoms with Gasteiger partial charge < -0.3 is 10.2 Å². The molecule has 0 unspecified atom stereocenters. The number of hydrogen-bond acceptors (Lipinski definition) is 4. The van der Waals surface area contributed by atoms with Crippen molar-refractivity contribution in [2.75, 3.05) is 11.9 Å². The Bertz CT molecular complexity index is 1070. The molecule has 0 atom stereocenters. The summed E-state index contributed by atoms with van der Waals surface area (Å²) in [6.07, 6.45) is 11.6. The molecule has 0 saturated heterocycles. The van der Waals surface area contributed by atoms with E-state index >= 15 is 0 Å². The van der Waals surface area contributed by atoms with Crippen molar-refractivity contribution in [1.29, 1.82) is 0 Å². The first-order valence-corrected chi connectivity index (χ1v) is 13.0. The maximum absolute atomic E-state index is 13.2. The Balaban J connectivity index is 1.13. The highest BCUT2D eigenvalue weighted by Gasteiger charge is 2.51. The molecule has 7 rings (SSSR count). The topological polar surface area (TPSA) is 75.2 Å². The summed E-state index contributed by atoms with van der Waals surface area (Å²) in [6, 6.07) is 7.86. The second-order valence-corrected chi connectivity index (χ2v) is 11.3. The fourth-order valence-electron chi connectivity index (χ4n) is 7.72. The van der Waals surface area contributed by atoms with Gasteiger partial charge in [-0.1, -0.05) is 19.1 Å². The Labute approximate surface area is 201 Å². The van der Waals surface area contributed by atoms with Gasteiger partial charge in [-0.25, -0.2) is 9.97 Å². The monoisotopic (exact) mass is 458 g/mol. The van der Waals surface area contributed by atoms with Gasteiger partial charge in [0, 0.05) is 24.1 Å². The van der Waals surface area contributed by atoms with Gasteiger partial charge in [0.2, 0.25) is 5.91 Å². The number of nitrogens with one attached hydrogen (secondary N) is 1. The number of amides is 2. The number of benzene rings is 1. The van der Waals surface area contributed by atoms with E-state index in [2.05, 4.69) is 22.2 Å². The van der Waals surface area contributed by atoms with E-state index in [0.29, 0.717) is 37.3 Å². The van der Waals surface area contributed by atoms with Crippen LogP contribution in [0.5, 0.6) is 0 Å². The van der Waals surface area contributed by atoms with Crippen LogP contribution in [0.1, 0.15) is 79.0 Å². The van der Waals surface area contributed by atoms with Crippen LogP contribution in [0.15, 0.2) is 30.6 Å². The number of aryl methyl sites for hydroxylation is 1. The SMILES string of the molecule is CCc1ccc(C(=O)N2CCc3c(ncnc3NC(=O)CC34CC5CC(CC(C5)C3)C4)C2)cc1. The number of aromatic nitrogens is 2. The number of nitrogens with zero attached hydrogens (tertiary/aromatic N) is 3. The lowest BCUT2D eigenvalue weighted by molar-refractivity contribution is -0.124. The van der Waals surface area contributed by atoms with Gasteiger partial charge in [0.25, 0.3) is 5.91 Å². The van der Waals surface area contributed by atoms with Crippen molar-refractivity contribution in [2.24, 2.45) is 23.2 Å². The van der Waals surface area contributed by atoms with Gasteiger partial charge in [-0.05, 0) is 92.2 Å². The zero-order chi connectivity index (χ0) is 23.3. The fraction of sp³-hybridized carbons (Fsp3) is 0.571. The summed E-state index contributed by atoms with van der Waals surface area (Å²) in [7, 11) is 0. The smallest absolute Gasteiger partial charge is 0.254 e. The molecule has 2 aromatic rings. The highest BCUT2D eigenvalue weighted by atomic mass is 16.2. The minimum Gasteiger partial charge on any atom is -0.332 e. The van der Waals surface area contributed by atoms with Crippen LogP contribution in [0, 0.1) is 23.2 Å². The maximum Gasteiger partial charge on any atom is 0.254 e. The third-order valence-corrected chi connectivity index (χ3v) is 8.86. The lowest BCUT2D eigenvalue weighted by atomic mass is 9.49. The first kappa shape index (κ1) is 21.8. The molecule has 34 heavy (non-hydrogen) atoms. The number of carbonyl (C=O) groups excluding carboxylic acids is 2. The molecule has 2 heterocycles. The lowest BCUT2D eigenvalue weighted by Gasteiger charge is -2.56. The molecule has 0 radical (unpaired) electrons. The molecule has 178 valence electrons. The molecule has 6 nitrogen and oxygen atoms in total. The van der Waals surface area contributed by atoms with E-state index in [-0.39, 0.29) is 17.2 Å². The Morgan fingerprint density at radius 1 is 1.03 bits per heavy atom. The van der Waals surface area contributed by atoms with Gasteiger partial charge >= 0.3 is 0 Å². The first-order chi connectivity index (χ1) is 16.5. The molecule has 4 fully saturated rings. The predicted molar refractivity (Wildman–Crippen MR) is 130 cm³/mol. The van der Waals surface area contributed by atoms with Crippen LogP contribution in [0.3, 0.4) is 0 Å². The number of rotatable bonds is 5. The summed E-state index contributed by atoms with van der Waals surface area (Å²) in [6.45, 7) is 3.16.